The molecule has 0 heterocycles. The molecule has 0 spiro atoms. The third-order valence-electron chi connectivity index (χ3n) is 4.07. The molecule has 2 atom stereocenters. The van der Waals surface area contributed by atoms with Gasteiger partial charge >= 0.3 is 6.18 Å². The monoisotopic (exact) mass is 349 g/mol. The zero-order chi connectivity index (χ0) is 14.8. The average molecular weight is 350 g/mol. The second kappa shape index (κ2) is 6.37. The van der Waals surface area contributed by atoms with Gasteiger partial charge in [-0.3, -0.25) is 0 Å². The quantitative estimate of drug-likeness (QED) is 0.721. The summed E-state index contributed by atoms with van der Waals surface area (Å²) in [5.74, 6) is 0.609. The molecule has 1 nitrogen and oxygen atoms in total. The largest absolute Gasteiger partial charge is 0.416 e. The van der Waals surface area contributed by atoms with E-state index in [0.717, 1.165) is 30.7 Å². The van der Waals surface area contributed by atoms with E-state index in [4.69, 9.17) is 0 Å². The lowest BCUT2D eigenvalue weighted by atomic mass is 9.83. The van der Waals surface area contributed by atoms with Crippen molar-refractivity contribution in [2.45, 2.75) is 51.2 Å². The molecule has 20 heavy (non-hydrogen) atoms. The molecule has 112 valence electrons. The molecule has 2 unspecified atom stereocenters. The van der Waals surface area contributed by atoms with E-state index in [2.05, 4.69) is 28.2 Å². The summed E-state index contributed by atoms with van der Waals surface area (Å²) in [7, 11) is 0. The van der Waals surface area contributed by atoms with Crippen molar-refractivity contribution in [2.75, 3.05) is 5.32 Å². The second-order valence-corrected chi connectivity index (χ2v) is 6.25. The number of hydrogen-bond acceptors (Lipinski definition) is 1. The summed E-state index contributed by atoms with van der Waals surface area (Å²) in [5.41, 5.74) is 0.133. The first-order valence-electron chi connectivity index (χ1n) is 7.05. The molecule has 2 rings (SSSR count). The molecule has 1 N–H and O–H groups in total. The molecule has 0 radical (unpaired) electrons. The Morgan fingerprint density at radius 3 is 2.55 bits per heavy atom. The molecule has 0 bridgehead atoms. The van der Waals surface area contributed by atoms with Gasteiger partial charge in [0.1, 0.15) is 0 Å². The maximum atomic E-state index is 12.6. The highest BCUT2D eigenvalue weighted by Gasteiger charge is 2.31. The van der Waals surface area contributed by atoms with Gasteiger partial charge in [0.15, 0.2) is 0 Å². The van der Waals surface area contributed by atoms with Crippen LogP contribution < -0.4 is 5.32 Å². The number of benzene rings is 1. The molecule has 5 heteroatoms. The van der Waals surface area contributed by atoms with Crippen LogP contribution in [0.2, 0.25) is 0 Å². The summed E-state index contributed by atoms with van der Waals surface area (Å²) >= 11 is 3.25. The molecule has 1 aromatic rings. The number of alkyl halides is 3. The third-order valence-corrected chi connectivity index (χ3v) is 4.73. The van der Waals surface area contributed by atoms with Crippen LogP contribution in [0.4, 0.5) is 18.9 Å². The number of anilines is 1. The highest BCUT2D eigenvalue weighted by Crippen LogP contribution is 2.36. The molecule has 1 saturated carbocycles. The minimum Gasteiger partial charge on any atom is -0.381 e. The predicted molar refractivity (Wildman–Crippen MR) is 78.8 cm³/mol. The van der Waals surface area contributed by atoms with Gasteiger partial charge in [-0.2, -0.15) is 13.2 Å². The standard InChI is InChI=1S/C15H19BrF3N/c1-2-10-5-3-4-6-13(10)20-14-8-7-11(9-12(14)16)15(17,18)19/h7-10,13,20H,2-6H2,1H3. The van der Waals surface area contributed by atoms with Crippen molar-refractivity contribution in [2.24, 2.45) is 5.92 Å². The molecule has 1 fully saturated rings. The van der Waals surface area contributed by atoms with E-state index in [-0.39, 0.29) is 0 Å². The van der Waals surface area contributed by atoms with Crippen LogP contribution in [0, 0.1) is 5.92 Å². The van der Waals surface area contributed by atoms with Crippen LogP contribution in [-0.4, -0.2) is 6.04 Å². The summed E-state index contributed by atoms with van der Waals surface area (Å²) in [6.07, 6.45) is 1.55. The Hall–Kier alpha value is -0.710. The first kappa shape index (κ1) is 15.7. The Kier molecular flexibility index (Phi) is 4.99. The zero-order valence-electron chi connectivity index (χ0n) is 11.4. The molecule has 0 aromatic heterocycles. The van der Waals surface area contributed by atoms with Gasteiger partial charge in [0, 0.05) is 16.2 Å². The topological polar surface area (TPSA) is 12.0 Å². The smallest absolute Gasteiger partial charge is 0.381 e. The van der Waals surface area contributed by atoms with Crippen molar-refractivity contribution in [3.05, 3.63) is 28.2 Å². The first-order chi connectivity index (χ1) is 9.41. The molecule has 0 amide bonds. The lowest BCUT2D eigenvalue weighted by molar-refractivity contribution is -0.137. The summed E-state index contributed by atoms with van der Waals surface area (Å²) in [5, 5.41) is 3.41. The molecular formula is C15H19BrF3N. The van der Waals surface area contributed by atoms with Gasteiger partial charge in [-0.25, -0.2) is 0 Å². The Balaban J connectivity index is 2.13. The molecule has 1 aliphatic carbocycles. The van der Waals surface area contributed by atoms with Gasteiger partial charge in [-0.1, -0.05) is 26.2 Å². The van der Waals surface area contributed by atoms with Crippen LogP contribution in [0.15, 0.2) is 22.7 Å². The summed E-state index contributed by atoms with van der Waals surface area (Å²) in [4.78, 5) is 0. The average Bonchev–Trinajstić information content (AvgIpc) is 2.40. The van der Waals surface area contributed by atoms with Gasteiger partial charge in [0.05, 0.1) is 5.56 Å². The molecule has 0 aliphatic heterocycles. The van der Waals surface area contributed by atoms with Gasteiger partial charge in [-0.05, 0) is 52.9 Å². The summed E-state index contributed by atoms with van der Waals surface area (Å²) in [6.45, 7) is 2.17. The Labute approximate surface area is 126 Å². The van der Waals surface area contributed by atoms with E-state index in [1.54, 1.807) is 0 Å². The molecule has 1 aromatic carbocycles. The second-order valence-electron chi connectivity index (χ2n) is 5.40. The van der Waals surface area contributed by atoms with Gasteiger partial charge in [-0.15, -0.1) is 0 Å². The fraction of sp³-hybridized carbons (Fsp3) is 0.600. The zero-order valence-corrected chi connectivity index (χ0v) is 13.0. The lowest BCUT2D eigenvalue weighted by Crippen LogP contribution is -2.31. The lowest BCUT2D eigenvalue weighted by Gasteiger charge is -2.32. The minimum atomic E-state index is -4.29. The highest BCUT2D eigenvalue weighted by molar-refractivity contribution is 9.10. The Bertz CT molecular complexity index is 459. The van der Waals surface area contributed by atoms with E-state index in [1.807, 2.05) is 0 Å². The highest BCUT2D eigenvalue weighted by atomic mass is 79.9. The number of rotatable bonds is 3. The van der Waals surface area contributed by atoms with Crippen LogP contribution in [0.5, 0.6) is 0 Å². The van der Waals surface area contributed by atoms with E-state index in [0.29, 0.717) is 16.4 Å². The normalized spacial score (nSPS) is 23.6. The van der Waals surface area contributed by atoms with Crippen molar-refractivity contribution in [3.63, 3.8) is 0 Å². The van der Waals surface area contributed by atoms with Gasteiger partial charge < -0.3 is 5.32 Å². The van der Waals surface area contributed by atoms with Crippen LogP contribution >= 0.6 is 15.9 Å². The van der Waals surface area contributed by atoms with Gasteiger partial charge in [0.25, 0.3) is 0 Å². The number of nitrogens with one attached hydrogen (secondary N) is 1. The van der Waals surface area contributed by atoms with E-state index < -0.39 is 11.7 Å². The van der Waals surface area contributed by atoms with Crippen molar-refractivity contribution >= 4 is 21.6 Å². The van der Waals surface area contributed by atoms with Crippen molar-refractivity contribution in [1.82, 2.24) is 0 Å². The van der Waals surface area contributed by atoms with Gasteiger partial charge in [0.2, 0.25) is 0 Å². The van der Waals surface area contributed by atoms with Crippen molar-refractivity contribution < 1.29 is 13.2 Å². The number of hydrogen-bond donors (Lipinski definition) is 1. The van der Waals surface area contributed by atoms with Crippen molar-refractivity contribution in [1.29, 1.82) is 0 Å². The maximum absolute atomic E-state index is 12.6. The Morgan fingerprint density at radius 2 is 1.95 bits per heavy atom. The summed E-state index contributed by atoms with van der Waals surface area (Å²) < 4.78 is 38.4. The van der Waals surface area contributed by atoms with Crippen LogP contribution in [0.3, 0.4) is 0 Å². The van der Waals surface area contributed by atoms with E-state index >= 15 is 0 Å². The van der Waals surface area contributed by atoms with Crippen LogP contribution in [0.1, 0.15) is 44.6 Å². The SMILES string of the molecule is CCC1CCCCC1Nc1ccc(C(F)(F)F)cc1Br. The summed E-state index contributed by atoms with van der Waals surface area (Å²) in [6, 6.07) is 4.17. The van der Waals surface area contributed by atoms with Crippen molar-refractivity contribution in [3.8, 4) is 0 Å². The fourth-order valence-corrected chi connectivity index (χ4v) is 3.39. The predicted octanol–water partition coefficient (Wildman–Crippen LogP) is 5.85. The maximum Gasteiger partial charge on any atom is 0.416 e. The molecule has 1 aliphatic rings. The minimum absolute atomic E-state index is 0.363. The van der Waals surface area contributed by atoms with Crippen LogP contribution in [0.25, 0.3) is 0 Å². The fourth-order valence-electron chi connectivity index (χ4n) is 2.89. The van der Waals surface area contributed by atoms with Crippen LogP contribution in [-0.2, 0) is 6.18 Å². The molecule has 0 saturated heterocycles. The Morgan fingerprint density at radius 1 is 1.25 bits per heavy atom. The third kappa shape index (κ3) is 3.68. The van der Waals surface area contributed by atoms with E-state index in [1.165, 1.54) is 25.3 Å². The molecular weight excluding hydrogens is 331 g/mol. The number of halogens is 4. The van der Waals surface area contributed by atoms with E-state index in [9.17, 15) is 13.2 Å². The first-order valence-corrected chi connectivity index (χ1v) is 7.84.